The Labute approximate surface area is 156 Å². The van der Waals surface area contributed by atoms with Gasteiger partial charge in [-0.2, -0.15) is 9.40 Å². The third-order valence-corrected chi connectivity index (χ3v) is 7.38. The Morgan fingerprint density at radius 1 is 1.27 bits per heavy atom. The quantitative estimate of drug-likeness (QED) is 0.740. The minimum Gasteiger partial charge on any atom is -0.257 e. The molecule has 0 unspecified atom stereocenters. The molecule has 0 aliphatic carbocycles. The average molecular weight is 390 g/mol. The van der Waals surface area contributed by atoms with E-state index in [0.717, 1.165) is 29.1 Å². The molecule has 0 saturated carbocycles. The molecule has 7 nitrogen and oxygen atoms in total. The summed E-state index contributed by atoms with van der Waals surface area (Å²) in [4.78, 5) is 8.96. The van der Waals surface area contributed by atoms with E-state index in [1.807, 2.05) is 11.4 Å². The molecule has 136 valence electrons. The Bertz CT molecular complexity index is 990. The molecule has 1 aliphatic heterocycles. The Morgan fingerprint density at radius 3 is 2.81 bits per heavy atom. The number of benzene rings is 1. The van der Waals surface area contributed by atoms with Crippen molar-refractivity contribution in [3.8, 4) is 22.1 Å². The van der Waals surface area contributed by atoms with Gasteiger partial charge in [-0.25, -0.2) is 18.4 Å². The molecule has 2 aromatic heterocycles. The number of nitrogens with one attached hydrogen (secondary N) is 1. The second-order valence-electron chi connectivity index (χ2n) is 6.49. The highest BCUT2D eigenvalue weighted by molar-refractivity contribution is 7.89. The molecule has 0 atom stereocenters. The van der Waals surface area contributed by atoms with Gasteiger partial charge in [0.05, 0.1) is 10.6 Å². The molecule has 9 heteroatoms. The molecular weight excluding hydrogens is 370 g/mol. The van der Waals surface area contributed by atoms with E-state index in [2.05, 4.69) is 27.1 Å². The third-order valence-electron chi connectivity index (χ3n) is 4.63. The minimum absolute atomic E-state index is 0.318. The lowest BCUT2D eigenvalue weighted by molar-refractivity contribution is 0.288. The summed E-state index contributed by atoms with van der Waals surface area (Å²) in [6, 6.07) is 6.99. The molecule has 0 radical (unpaired) electrons. The van der Waals surface area contributed by atoms with Gasteiger partial charge in [0.1, 0.15) is 6.33 Å². The summed E-state index contributed by atoms with van der Waals surface area (Å²) < 4.78 is 27.5. The standard InChI is InChI=1S/C17H19N5O2S2/c1-12-5-7-22(8-6-12)26(23,24)14-4-2-3-13(9-14)15-10-25-17(20-15)16-18-11-19-21-16/h2-4,9-12H,5-8H2,1H3,(H,18,19,21). The fourth-order valence-corrected chi connectivity index (χ4v) is 5.30. The van der Waals surface area contributed by atoms with Crippen molar-refractivity contribution in [1.82, 2.24) is 24.5 Å². The maximum atomic E-state index is 13.0. The van der Waals surface area contributed by atoms with Crippen molar-refractivity contribution in [2.75, 3.05) is 13.1 Å². The first kappa shape index (κ1) is 17.3. The molecule has 1 aromatic carbocycles. The summed E-state index contributed by atoms with van der Waals surface area (Å²) >= 11 is 1.44. The van der Waals surface area contributed by atoms with Crippen LogP contribution in [0.2, 0.25) is 0 Å². The average Bonchev–Trinajstić information content (AvgIpc) is 3.34. The third kappa shape index (κ3) is 3.29. The number of hydrogen-bond donors (Lipinski definition) is 1. The molecule has 3 heterocycles. The summed E-state index contributed by atoms with van der Waals surface area (Å²) in [5.74, 6) is 1.18. The zero-order chi connectivity index (χ0) is 18.1. The lowest BCUT2D eigenvalue weighted by Gasteiger charge is -2.29. The van der Waals surface area contributed by atoms with Crippen LogP contribution in [0.15, 0.2) is 40.9 Å². The van der Waals surface area contributed by atoms with E-state index in [-0.39, 0.29) is 0 Å². The van der Waals surface area contributed by atoms with Gasteiger partial charge in [-0.05, 0) is 30.9 Å². The summed E-state index contributed by atoms with van der Waals surface area (Å²) in [5.41, 5.74) is 1.50. The molecule has 4 rings (SSSR count). The lowest BCUT2D eigenvalue weighted by Crippen LogP contribution is -2.37. The molecule has 1 N–H and O–H groups in total. The summed E-state index contributed by atoms with van der Waals surface area (Å²) in [5, 5.41) is 9.23. The number of sulfonamides is 1. The first-order chi connectivity index (χ1) is 12.5. The van der Waals surface area contributed by atoms with Crippen LogP contribution in [0.5, 0.6) is 0 Å². The fraction of sp³-hybridized carbons (Fsp3) is 0.353. The summed E-state index contributed by atoms with van der Waals surface area (Å²) in [7, 11) is -3.47. The van der Waals surface area contributed by atoms with Crippen molar-refractivity contribution in [3.63, 3.8) is 0 Å². The van der Waals surface area contributed by atoms with E-state index in [1.54, 1.807) is 22.5 Å². The normalized spacial score (nSPS) is 16.8. The molecule has 0 bridgehead atoms. The van der Waals surface area contributed by atoms with E-state index in [0.29, 0.717) is 29.7 Å². The van der Waals surface area contributed by atoms with Gasteiger partial charge < -0.3 is 0 Å². The Balaban J connectivity index is 1.63. The number of rotatable bonds is 4. The summed E-state index contributed by atoms with van der Waals surface area (Å²) in [6.07, 6.45) is 3.25. The molecule has 3 aromatic rings. The van der Waals surface area contributed by atoms with Gasteiger partial charge in [0.15, 0.2) is 10.8 Å². The predicted molar refractivity (Wildman–Crippen MR) is 100 cm³/mol. The molecule has 1 saturated heterocycles. The number of thiazole rings is 1. The monoisotopic (exact) mass is 389 g/mol. The second kappa shape index (κ2) is 6.90. The van der Waals surface area contributed by atoms with E-state index < -0.39 is 10.0 Å². The van der Waals surface area contributed by atoms with Crippen molar-refractivity contribution in [2.24, 2.45) is 5.92 Å². The van der Waals surface area contributed by atoms with Gasteiger partial charge in [-0.3, -0.25) is 5.10 Å². The van der Waals surface area contributed by atoms with Crippen LogP contribution < -0.4 is 0 Å². The highest BCUT2D eigenvalue weighted by Crippen LogP contribution is 2.29. The van der Waals surface area contributed by atoms with Gasteiger partial charge in [0.2, 0.25) is 10.0 Å². The topological polar surface area (TPSA) is 91.8 Å². The van der Waals surface area contributed by atoms with Gasteiger partial charge in [0.25, 0.3) is 0 Å². The maximum absolute atomic E-state index is 13.0. The zero-order valence-electron chi connectivity index (χ0n) is 14.3. The van der Waals surface area contributed by atoms with Crippen LogP contribution in [-0.4, -0.2) is 46.0 Å². The highest BCUT2D eigenvalue weighted by atomic mass is 32.2. The van der Waals surface area contributed by atoms with Crippen molar-refractivity contribution in [2.45, 2.75) is 24.7 Å². The number of aromatic amines is 1. The Hall–Kier alpha value is -2.10. The van der Waals surface area contributed by atoms with Gasteiger partial charge >= 0.3 is 0 Å². The van der Waals surface area contributed by atoms with Crippen LogP contribution in [-0.2, 0) is 10.0 Å². The van der Waals surface area contributed by atoms with Gasteiger partial charge in [0, 0.05) is 24.0 Å². The van der Waals surface area contributed by atoms with E-state index >= 15 is 0 Å². The number of piperidine rings is 1. The Morgan fingerprint density at radius 2 is 2.08 bits per heavy atom. The van der Waals surface area contributed by atoms with Crippen LogP contribution in [0.25, 0.3) is 22.1 Å². The second-order valence-corrected chi connectivity index (χ2v) is 9.28. The van der Waals surface area contributed by atoms with E-state index in [4.69, 9.17) is 0 Å². The highest BCUT2D eigenvalue weighted by Gasteiger charge is 2.28. The Kier molecular flexibility index (Phi) is 4.60. The smallest absolute Gasteiger partial charge is 0.243 e. The fourth-order valence-electron chi connectivity index (χ4n) is 3.01. The lowest BCUT2D eigenvalue weighted by atomic mass is 10.0. The first-order valence-corrected chi connectivity index (χ1v) is 10.8. The van der Waals surface area contributed by atoms with Crippen molar-refractivity contribution in [1.29, 1.82) is 0 Å². The number of nitrogens with zero attached hydrogens (tertiary/aromatic N) is 4. The summed E-state index contributed by atoms with van der Waals surface area (Å²) in [6.45, 7) is 3.33. The van der Waals surface area contributed by atoms with Gasteiger partial charge in [-0.15, -0.1) is 11.3 Å². The van der Waals surface area contributed by atoms with Crippen LogP contribution in [0.1, 0.15) is 19.8 Å². The van der Waals surface area contributed by atoms with Crippen LogP contribution in [0.3, 0.4) is 0 Å². The molecule has 1 fully saturated rings. The number of H-pyrrole nitrogens is 1. The maximum Gasteiger partial charge on any atom is 0.243 e. The SMILES string of the molecule is CC1CCN(S(=O)(=O)c2cccc(-c3csc(-c4ncn[nH]4)n3)c2)CC1. The minimum atomic E-state index is -3.47. The molecule has 1 aliphatic rings. The molecule has 26 heavy (non-hydrogen) atoms. The molecular formula is C17H19N5O2S2. The molecule has 0 amide bonds. The van der Waals surface area contributed by atoms with Crippen LogP contribution in [0, 0.1) is 5.92 Å². The molecule has 0 spiro atoms. The van der Waals surface area contributed by atoms with E-state index in [1.165, 1.54) is 17.7 Å². The largest absolute Gasteiger partial charge is 0.257 e. The van der Waals surface area contributed by atoms with Crippen molar-refractivity contribution < 1.29 is 8.42 Å². The first-order valence-electron chi connectivity index (χ1n) is 8.46. The number of aromatic nitrogens is 4. The van der Waals surface area contributed by atoms with Gasteiger partial charge in [-0.1, -0.05) is 19.1 Å². The predicted octanol–water partition coefficient (Wildman–Crippen LogP) is 3.02. The van der Waals surface area contributed by atoms with Crippen molar-refractivity contribution in [3.05, 3.63) is 36.0 Å². The van der Waals surface area contributed by atoms with E-state index in [9.17, 15) is 8.42 Å². The zero-order valence-corrected chi connectivity index (χ0v) is 15.9. The van der Waals surface area contributed by atoms with Crippen molar-refractivity contribution >= 4 is 21.4 Å². The van der Waals surface area contributed by atoms with Crippen LogP contribution in [0.4, 0.5) is 0 Å². The van der Waals surface area contributed by atoms with Crippen LogP contribution >= 0.6 is 11.3 Å². The number of hydrogen-bond acceptors (Lipinski definition) is 6.